The van der Waals surface area contributed by atoms with Gasteiger partial charge in [0, 0.05) is 17.5 Å². The van der Waals surface area contributed by atoms with Crippen LogP contribution in [0, 0.1) is 18.3 Å². The number of hydrogen-bond donors (Lipinski definition) is 2. The summed E-state index contributed by atoms with van der Waals surface area (Å²) in [6.07, 6.45) is 0. The Morgan fingerprint density at radius 2 is 1.65 bits per heavy atom. The van der Waals surface area contributed by atoms with Crippen molar-refractivity contribution in [1.29, 1.82) is 0 Å². The van der Waals surface area contributed by atoms with Crippen LogP contribution in [-0.4, -0.2) is 16.5 Å². The molecule has 20 heavy (non-hydrogen) atoms. The van der Waals surface area contributed by atoms with Crippen molar-refractivity contribution in [3.05, 3.63) is 11.4 Å². The molecule has 4 nitrogen and oxygen atoms in total. The lowest BCUT2D eigenvalue weighted by Gasteiger charge is -2.30. The molecule has 0 aromatic carbocycles. The van der Waals surface area contributed by atoms with E-state index in [-0.39, 0.29) is 10.8 Å². The lowest BCUT2D eigenvalue weighted by molar-refractivity contribution is 0.269. The van der Waals surface area contributed by atoms with Crippen molar-refractivity contribution in [1.82, 2.24) is 9.97 Å². The Bertz CT molecular complexity index is 470. The summed E-state index contributed by atoms with van der Waals surface area (Å²) in [6, 6.07) is 0. The standard InChI is InChI=1S/C16H30N4/c1-10(2)16(7,8)9-18-13-11(3)12(17)19-14(20-13)15(4,5)6/h10H,9H2,1-8H3,(H3,17,18,19,20). The average molecular weight is 278 g/mol. The molecule has 1 rings (SSSR count). The molecule has 0 fully saturated rings. The Morgan fingerprint density at radius 1 is 1.10 bits per heavy atom. The van der Waals surface area contributed by atoms with E-state index in [4.69, 9.17) is 5.73 Å². The van der Waals surface area contributed by atoms with Crippen molar-refractivity contribution in [3.8, 4) is 0 Å². The van der Waals surface area contributed by atoms with Crippen LogP contribution in [0.5, 0.6) is 0 Å². The van der Waals surface area contributed by atoms with Crippen LogP contribution in [0.4, 0.5) is 11.6 Å². The minimum absolute atomic E-state index is 0.105. The van der Waals surface area contributed by atoms with Crippen molar-refractivity contribution in [2.24, 2.45) is 11.3 Å². The maximum Gasteiger partial charge on any atom is 0.138 e. The minimum Gasteiger partial charge on any atom is -0.383 e. The second-order valence-corrected chi connectivity index (χ2v) is 7.65. The van der Waals surface area contributed by atoms with Gasteiger partial charge in [-0.3, -0.25) is 0 Å². The number of hydrogen-bond acceptors (Lipinski definition) is 4. The Labute approximate surface area is 123 Å². The summed E-state index contributed by atoms with van der Waals surface area (Å²) in [5, 5.41) is 3.46. The molecule has 0 radical (unpaired) electrons. The second kappa shape index (κ2) is 5.58. The molecule has 0 atom stereocenters. The van der Waals surface area contributed by atoms with E-state index in [2.05, 4.69) is 63.8 Å². The SMILES string of the molecule is Cc1c(N)nc(C(C)(C)C)nc1NCC(C)(C)C(C)C. The second-order valence-electron chi connectivity index (χ2n) is 7.65. The van der Waals surface area contributed by atoms with E-state index in [1.54, 1.807) is 0 Å². The number of rotatable bonds is 4. The normalized spacial score (nSPS) is 12.8. The Kier molecular flexibility index (Phi) is 4.67. The first-order chi connectivity index (χ1) is 8.95. The van der Waals surface area contributed by atoms with E-state index in [1.807, 2.05) is 6.92 Å². The predicted molar refractivity (Wildman–Crippen MR) is 87.0 cm³/mol. The summed E-state index contributed by atoms with van der Waals surface area (Å²) in [6.45, 7) is 18.1. The largest absolute Gasteiger partial charge is 0.383 e. The Morgan fingerprint density at radius 3 is 2.10 bits per heavy atom. The summed E-state index contributed by atoms with van der Waals surface area (Å²) >= 11 is 0. The van der Waals surface area contributed by atoms with Crippen LogP contribution in [0.3, 0.4) is 0 Å². The molecule has 0 amide bonds. The zero-order valence-corrected chi connectivity index (χ0v) is 14.3. The molecule has 0 saturated carbocycles. The van der Waals surface area contributed by atoms with Crippen molar-refractivity contribution in [2.75, 3.05) is 17.6 Å². The predicted octanol–water partition coefficient (Wildman–Crippen LogP) is 3.76. The van der Waals surface area contributed by atoms with Gasteiger partial charge >= 0.3 is 0 Å². The topological polar surface area (TPSA) is 63.8 Å². The Hall–Kier alpha value is -1.32. The van der Waals surface area contributed by atoms with Crippen LogP contribution < -0.4 is 11.1 Å². The van der Waals surface area contributed by atoms with Gasteiger partial charge in [-0.1, -0.05) is 48.5 Å². The maximum atomic E-state index is 6.03. The molecule has 3 N–H and O–H groups in total. The highest BCUT2D eigenvalue weighted by Crippen LogP contribution is 2.28. The van der Waals surface area contributed by atoms with Crippen LogP contribution in [-0.2, 0) is 5.41 Å². The van der Waals surface area contributed by atoms with E-state index in [1.165, 1.54) is 0 Å². The lowest BCUT2D eigenvalue weighted by Crippen LogP contribution is -2.29. The molecular weight excluding hydrogens is 248 g/mol. The summed E-state index contributed by atoms with van der Waals surface area (Å²) in [5.41, 5.74) is 7.05. The molecule has 114 valence electrons. The Balaban J connectivity index is 3.04. The molecule has 0 unspecified atom stereocenters. The molecule has 0 bridgehead atoms. The first-order valence-corrected chi connectivity index (χ1v) is 7.33. The fraction of sp³-hybridized carbons (Fsp3) is 0.750. The first kappa shape index (κ1) is 16.7. The number of nitrogens with zero attached hydrogens (tertiary/aromatic N) is 2. The average Bonchev–Trinajstić information content (AvgIpc) is 2.29. The number of aromatic nitrogens is 2. The van der Waals surface area contributed by atoms with Crippen molar-refractivity contribution >= 4 is 11.6 Å². The monoisotopic (exact) mass is 278 g/mol. The van der Waals surface area contributed by atoms with Crippen LogP contribution in [0.2, 0.25) is 0 Å². The fourth-order valence-corrected chi connectivity index (χ4v) is 1.56. The summed E-state index contributed by atoms with van der Waals surface area (Å²) in [5.74, 6) is 2.80. The van der Waals surface area contributed by atoms with Gasteiger partial charge in [0.1, 0.15) is 17.5 Å². The molecule has 1 heterocycles. The van der Waals surface area contributed by atoms with Gasteiger partial charge in [-0.25, -0.2) is 9.97 Å². The summed E-state index contributed by atoms with van der Waals surface area (Å²) < 4.78 is 0. The van der Waals surface area contributed by atoms with Gasteiger partial charge in [0.15, 0.2) is 0 Å². The molecule has 1 aromatic heterocycles. The number of anilines is 2. The summed E-state index contributed by atoms with van der Waals surface area (Å²) in [4.78, 5) is 9.08. The zero-order chi connectivity index (χ0) is 15.7. The smallest absolute Gasteiger partial charge is 0.138 e. The summed E-state index contributed by atoms with van der Waals surface area (Å²) in [7, 11) is 0. The highest BCUT2D eigenvalue weighted by molar-refractivity contribution is 5.55. The third kappa shape index (κ3) is 3.84. The molecule has 0 aliphatic carbocycles. The van der Waals surface area contributed by atoms with Gasteiger partial charge < -0.3 is 11.1 Å². The van der Waals surface area contributed by atoms with Gasteiger partial charge in [-0.2, -0.15) is 0 Å². The first-order valence-electron chi connectivity index (χ1n) is 7.33. The molecule has 0 saturated heterocycles. The zero-order valence-electron chi connectivity index (χ0n) is 14.3. The number of nitrogens with two attached hydrogens (primary N) is 1. The molecule has 1 aromatic rings. The molecular formula is C16H30N4. The van der Waals surface area contributed by atoms with Gasteiger partial charge in [0.25, 0.3) is 0 Å². The van der Waals surface area contributed by atoms with Crippen LogP contribution in [0.1, 0.15) is 59.9 Å². The number of nitrogen functional groups attached to an aromatic ring is 1. The highest BCUT2D eigenvalue weighted by atomic mass is 15.1. The minimum atomic E-state index is -0.105. The molecule has 0 aliphatic heterocycles. The van der Waals surface area contributed by atoms with Crippen LogP contribution >= 0.6 is 0 Å². The molecule has 4 heteroatoms. The number of nitrogens with one attached hydrogen (secondary N) is 1. The van der Waals surface area contributed by atoms with Crippen molar-refractivity contribution in [2.45, 2.75) is 60.8 Å². The third-order valence-electron chi connectivity index (χ3n) is 4.13. The molecule has 0 spiro atoms. The van der Waals surface area contributed by atoms with E-state index < -0.39 is 0 Å². The van der Waals surface area contributed by atoms with Gasteiger partial charge in [-0.05, 0) is 18.3 Å². The quantitative estimate of drug-likeness (QED) is 0.880. The third-order valence-corrected chi connectivity index (χ3v) is 4.13. The van der Waals surface area contributed by atoms with Crippen molar-refractivity contribution < 1.29 is 0 Å². The maximum absolute atomic E-state index is 6.03. The van der Waals surface area contributed by atoms with E-state index >= 15 is 0 Å². The van der Waals surface area contributed by atoms with Gasteiger partial charge in [0.2, 0.25) is 0 Å². The van der Waals surface area contributed by atoms with Crippen molar-refractivity contribution in [3.63, 3.8) is 0 Å². The van der Waals surface area contributed by atoms with E-state index in [0.717, 1.165) is 23.8 Å². The highest BCUT2D eigenvalue weighted by Gasteiger charge is 2.24. The lowest BCUT2D eigenvalue weighted by atomic mass is 9.81. The fourth-order valence-electron chi connectivity index (χ4n) is 1.56. The van der Waals surface area contributed by atoms with Crippen LogP contribution in [0.25, 0.3) is 0 Å². The van der Waals surface area contributed by atoms with E-state index in [0.29, 0.717) is 11.7 Å². The van der Waals surface area contributed by atoms with Gasteiger partial charge in [0.05, 0.1) is 0 Å². The van der Waals surface area contributed by atoms with Gasteiger partial charge in [-0.15, -0.1) is 0 Å². The van der Waals surface area contributed by atoms with E-state index in [9.17, 15) is 0 Å². The molecule has 0 aliphatic rings. The van der Waals surface area contributed by atoms with Crippen LogP contribution in [0.15, 0.2) is 0 Å².